The van der Waals surface area contributed by atoms with Crippen LogP contribution in [0.2, 0.25) is 0 Å². The summed E-state index contributed by atoms with van der Waals surface area (Å²) >= 11 is 0. The molecule has 2 atom stereocenters. The van der Waals surface area contributed by atoms with Gasteiger partial charge in [0.15, 0.2) is 0 Å². The maximum absolute atomic E-state index is 10.7. The van der Waals surface area contributed by atoms with Crippen LogP contribution in [0.3, 0.4) is 0 Å². The molecule has 2 N–H and O–H groups in total. The van der Waals surface area contributed by atoms with E-state index in [0.717, 1.165) is 25.1 Å². The van der Waals surface area contributed by atoms with E-state index in [9.17, 15) is 10.1 Å². The van der Waals surface area contributed by atoms with Gasteiger partial charge in [-0.1, -0.05) is 19.1 Å². The van der Waals surface area contributed by atoms with Gasteiger partial charge in [-0.25, -0.2) is 0 Å². The molecule has 0 radical (unpaired) electrons. The highest BCUT2D eigenvalue weighted by Gasteiger charge is 2.33. The molecule has 5 heteroatoms. The summed E-state index contributed by atoms with van der Waals surface area (Å²) in [6, 6.07) is 6.84. The summed E-state index contributed by atoms with van der Waals surface area (Å²) in [5, 5.41) is 10.7. The zero-order valence-corrected chi connectivity index (χ0v) is 12.9. The lowest BCUT2D eigenvalue weighted by Crippen LogP contribution is -2.56. The van der Waals surface area contributed by atoms with Gasteiger partial charge in [0.25, 0.3) is 5.69 Å². The Morgan fingerprint density at radius 2 is 2.10 bits per heavy atom. The maximum Gasteiger partial charge on any atom is 0.269 e. The van der Waals surface area contributed by atoms with Crippen LogP contribution in [-0.2, 0) is 6.42 Å². The van der Waals surface area contributed by atoms with Crippen molar-refractivity contribution >= 4 is 5.69 Å². The van der Waals surface area contributed by atoms with E-state index >= 15 is 0 Å². The number of nitrogens with zero attached hydrogens (tertiary/aromatic N) is 2. The first-order valence-corrected chi connectivity index (χ1v) is 7.63. The molecule has 0 saturated carbocycles. The summed E-state index contributed by atoms with van der Waals surface area (Å²) < 4.78 is 0. The number of hydrogen-bond donors (Lipinski definition) is 1. The van der Waals surface area contributed by atoms with Gasteiger partial charge in [-0.2, -0.15) is 0 Å². The smallest absolute Gasteiger partial charge is 0.269 e. The van der Waals surface area contributed by atoms with Crippen molar-refractivity contribution in [2.45, 2.75) is 38.6 Å². The average Bonchev–Trinajstić information content (AvgIpc) is 2.47. The second kappa shape index (κ2) is 6.54. The summed E-state index contributed by atoms with van der Waals surface area (Å²) in [6.07, 6.45) is 3.33. The van der Waals surface area contributed by atoms with E-state index in [1.54, 1.807) is 12.1 Å². The minimum atomic E-state index is -0.363. The average molecular weight is 291 g/mol. The zero-order chi connectivity index (χ0) is 15.5. The Balaban J connectivity index is 2.11. The molecule has 1 aromatic rings. The summed E-state index contributed by atoms with van der Waals surface area (Å²) in [5.41, 5.74) is 7.22. The van der Waals surface area contributed by atoms with Crippen molar-refractivity contribution in [3.05, 3.63) is 39.9 Å². The first kappa shape index (κ1) is 15.9. The van der Waals surface area contributed by atoms with Gasteiger partial charge in [0.2, 0.25) is 0 Å². The van der Waals surface area contributed by atoms with Gasteiger partial charge in [-0.3, -0.25) is 15.0 Å². The SMILES string of the molecule is CC1CCCN(C(C)(CN)Cc2ccc([N+](=O)[O-])cc2)C1. The molecule has 0 aromatic heterocycles. The van der Waals surface area contributed by atoms with Crippen LogP contribution in [0.5, 0.6) is 0 Å². The molecule has 1 aliphatic rings. The fourth-order valence-corrected chi connectivity index (χ4v) is 3.17. The molecule has 2 unspecified atom stereocenters. The zero-order valence-electron chi connectivity index (χ0n) is 12.9. The Labute approximate surface area is 126 Å². The number of likely N-dealkylation sites (tertiary alicyclic amines) is 1. The Hall–Kier alpha value is -1.46. The van der Waals surface area contributed by atoms with Gasteiger partial charge in [0.05, 0.1) is 4.92 Å². The summed E-state index contributed by atoms with van der Waals surface area (Å²) in [4.78, 5) is 12.8. The first-order chi connectivity index (χ1) is 9.94. The standard InChI is InChI=1S/C16H25N3O2/c1-13-4-3-9-18(11-13)16(2,12-17)10-14-5-7-15(8-6-14)19(20)21/h5-8,13H,3-4,9-12,17H2,1-2H3. The highest BCUT2D eigenvalue weighted by atomic mass is 16.6. The third-order valence-corrected chi connectivity index (χ3v) is 4.59. The second-order valence-corrected chi connectivity index (χ2v) is 6.49. The predicted molar refractivity (Wildman–Crippen MR) is 84.2 cm³/mol. The molecule has 116 valence electrons. The fourth-order valence-electron chi connectivity index (χ4n) is 3.17. The summed E-state index contributed by atoms with van der Waals surface area (Å²) in [5.74, 6) is 0.710. The van der Waals surface area contributed by atoms with Gasteiger partial charge in [0.1, 0.15) is 0 Å². The van der Waals surface area contributed by atoms with E-state index in [4.69, 9.17) is 5.73 Å². The predicted octanol–water partition coefficient (Wildman–Crippen LogP) is 2.59. The molecular weight excluding hydrogens is 266 g/mol. The second-order valence-electron chi connectivity index (χ2n) is 6.49. The van der Waals surface area contributed by atoms with E-state index in [2.05, 4.69) is 18.7 Å². The molecule has 5 nitrogen and oxygen atoms in total. The number of nitro benzene ring substituents is 1. The molecule has 0 amide bonds. The van der Waals surface area contributed by atoms with Crippen molar-refractivity contribution in [2.24, 2.45) is 11.7 Å². The molecule has 1 aliphatic heterocycles. The summed E-state index contributed by atoms with van der Waals surface area (Å²) in [6.45, 7) is 7.25. The highest BCUT2D eigenvalue weighted by molar-refractivity contribution is 5.33. The van der Waals surface area contributed by atoms with Crippen LogP contribution in [0.15, 0.2) is 24.3 Å². The number of nitro groups is 1. The van der Waals surface area contributed by atoms with E-state index in [0.29, 0.717) is 12.5 Å². The Kier molecular flexibility index (Phi) is 4.96. The van der Waals surface area contributed by atoms with Crippen molar-refractivity contribution in [3.8, 4) is 0 Å². The number of benzene rings is 1. The third-order valence-electron chi connectivity index (χ3n) is 4.59. The van der Waals surface area contributed by atoms with E-state index in [-0.39, 0.29) is 16.1 Å². The molecule has 1 saturated heterocycles. The van der Waals surface area contributed by atoms with Crippen LogP contribution < -0.4 is 5.73 Å². The lowest BCUT2D eigenvalue weighted by atomic mass is 9.87. The first-order valence-electron chi connectivity index (χ1n) is 7.63. The molecule has 2 rings (SSSR count). The van der Waals surface area contributed by atoms with Crippen LogP contribution in [-0.4, -0.2) is 35.0 Å². The molecular formula is C16H25N3O2. The van der Waals surface area contributed by atoms with E-state index in [1.807, 2.05) is 12.1 Å². The van der Waals surface area contributed by atoms with Gasteiger partial charge >= 0.3 is 0 Å². The topological polar surface area (TPSA) is 72.4 Å². The third kappa shape index (κ3) is 3.80. The summed E-state index contributed by atoms with van der Waals surface area (Å²) in [7, 11) is 0. The normalized spacial score (nSPS) is 22.7. The van der Waals surface area contributed by atoms with Crippen molar-refractivity contribution in [3.63, 3.8) is 0 Å². The molecule has 0 bridgehead atoms. The quantitative estimate of drug-likeness (QED) is 0.668. The molecule has 1 fully saturated rings. The number of piperidine rings is 1. The Bertz CT molecular complexity index is 489. The highest BCUT2D eigenvalue weighted by Crippen LogP contribution is 2.27. The number of non-ortho nitro benzene ring substituents is 1. The van der Waals surface area contributed by atoms with Crippen molar-refractivity contribution < 1.29 is 4.92 Å². The molecule has 1 heterocycles. The molecule has 0 aliphatic carbocycles. The number of nitrogens with two attached hydrogens (primary N) is 1. The van der Waals surface area contributed by atoms with Gasteiger partial charge in [0, 0.05) is 30.8 Å². The largest absolute Gasteiger partial charge is 0.329 e. The monoisotopic (exact) mass is 291 g/mol. The maximum atomic E-state index is 10.7. The minimum absolute atomic E-state index is 0.0786. The molecule has 21 heavy (non-hydrogen) atoms. The lowest BCUT2D eigenvalue weighted by Gasteiger charge is -2.45. The number of rotatable bonds is 5. The minimum Gasteiger partial charge on any atom is -0.329 e. The Morgan fingerprint density at radius 1 is 1.43 bits per heavy atom. The van der Waals surface area contributed by atoms with Crippen molar-refractivity contribution in [1.82, 2.24) is 4.90 Å². The van der Waals surface area contributed by atoms with Crippen molar-refractivity contribution in [1.29, 1.82) is 0 Å². The van der Waals surface area contributed by atoms with E-state index in [1.165, 1.54) is 12.8 Å². The van der Waals surface area contributed by atoms with Gasteiger partial charge < -0.3 is 5.73 Å². The van der Waals surface area contributed by atoms with Crippen LogP contribution in [0.25, 0.3) is 0 Å². The van der Waals surface area contributed by atoms with Crippen LogP contribution >= 0.6 is 0 Å². The van der Waals surface area contributed by atoms with Crippen molar-refractivity contribution in [2.75, 3.05) is 19.6 Å². The molecule has 0 spiro atoms. The lowest BCUT2D eigenvalue weighted by molar-refractivity contribution is -0.384. The fraction of sp³-hybridized carbons (Fsp3) is 0.625. The number of hydrogen-bond acceptors (Lipinski definition) is 4. The van der Waals surface area contributed by atoms with Crippen LogP contribution in [0, 0.1) is 16.0 Å². The van der Waals surface area contributed by atoms with Crippen LogP contribution in [0.1, 0.15) is 32.3 Å². The molecule has 1 aromatic carbocycles. The van der Waals surface area contributed by atoms with Gasteiger partial charge in [-0.15, -0.1) is 0 Å². The van der Waals surface area contributed by atoms with Gasteiger partial charge in [-0.05, 0) is 44.2 Å². The van der Waals surface area contributed by atoms with E-state index < -0.39 is 0 Å². The Morgan fingerprint density at radius 3 is 2.62 bits per heavy atom. The van der Waals surface area contributed by atoms with Crippen LogP contribution in [0.4, 0.5) is 5.69 Å².